The van der Waals surface area contributed by atoms with Gasteiger partial charge in [0.25, 0.3) is 0 Å². The van der Waals surface area contributed by atoms with Gasteiger partial charge in [0.15, 0.2) is 0 Å². The first-order chi connectivity index (χ1) is 10.3. The summed E-state index contributed by atoms with van der Waals surface area (Å²) in [5.74, 6) is 2.04. The fourth-order valence-electron chi connectivity index (χ4n) is 3.13. The predicted molar refractivity (Wildman–Crippen MR) is 86.4 cm³/mol. The Morgan fingerprint density at radius 2 is 1.81 bits per heavy atom. The normalized spacial score (nSPS) is 22.6. The first-order valence-electron chi connectivity index (χ1n) is 8.33. The zero-order chi connectivity index (χ0) is 14.9. The number of rotatable bonds is 7. The van der Waals surface area contributed by atoms with Crippen LogP contribution in [0.5, 0.6) is 5.75 Å². The van der Waals surface area contributed by atoms with Crippen LogP contribution in [-0.2, 0) is 0 Å². The fraction of sp³-hybridized carbons (Fsp3) is 0.579. The number of hydrogen-bond donors (Lipinski definition) is 0. The maximum Gasteiger partial charge on any atom is 0.119 e. The smallest absolute Gasteiger partial charge is 0.119 e. The molecule has 0 aliphatic heterocycles. The van der Waals surface area contributed by atoms with E-state index in [2.05, 4.69) is 31.2 Å². The molecule has 0 bridgehead atoms. The Morgan fingerprint density at radius 1 is 1.10 bits per heavy atom. The predicted octanol–water partition coefficient (Wildman–Crippen LogP) is 6.01. The highest BCUT2D eigenvalue weighted by Gasteiger charge is 2.20. The highest BCUT2D eigenvalue weighted by Crippen LogP contribution is 2.36. The summed E-state index contributed by atoms with van der Waals surface area (Å²) in [5, 5.41) is 0. The van der Waals surface area contributed by atoms with Crippen molar-refractivity contribution in [2.24, 2.45) is 5.92 Å². The summed E-state index contributed by atoms with van der Waals surface area (Å²) in [6.07, 6.45) is 10.5. The summed E-state index contributed by atoms with van der Waals surface area (Å²) in [7, 11) is 0. The Bertz CT molecular complexity index is 416. The van der Waals surface area contributed by atoms with Crippen molar-refractivity contribution in [1.29, 1.82) is 0 Å². The second kappa shape index (κ2) is 8.86. The molecule has 1 aliphatic rings. The molecule has 0 N–H and O–H groups in total. The molecule has 0 radical (unpaired) electrons. The number of unbranched alkanes of at least 4 members (excludes halogenated alkanes) is 2. The molecule has 116 valence electrons. The largest absolute Gasteiger partial charge is 0.494 e. The number of allylic oxidation sites excluding steroid dienone is 1. The molecule has 0 saturated heterocycles. The van der Waals surface area contributed by atoms with Gasteiger partial charge in [0, 0.05) is 0 Å². The van der Waals surface area contributed by atoms with Crippen LogP contribution in [0.15, 0.2) is 36.7 Å². The van der Waals surface area contributed by atoms with Crippen LogP contribution in [0.1, 0.15) is 63.4 Å². The van der Waals surface area contributed by atoms with Crippen LogP contribution in [0.4, 0.5) is 4.39 Å². The molecule has 1 saturated carbocycles. The minimum Gasteiger partial charge on any atom is -0.494 e. The van der Waals surface area contributed by atoms with Gasteiger partial charge in [-0.1, -0.05) is 38.0 Å². The average Bonchev–Trinajstić information content (AvgIpc) is 2.53. The number of benzene rings is 1. The molecule has 1 aliphatic carbocycles. The summed E-state index contributed by atoms with van der Waals surface area (Å²) >= 11 is 0. The van der Waals surface area contributed by atoms with Crippen LogP contribution >= 0.6 is 0 Å². The molecule has 21 heavy (non-hydrogen) atoms. The number of hydrogen-bond acceptors (Lipinski definition) is 1. The van der Waals surface area contributed by atoms with Gasteiger partial charge in [-0.3, -0.25) is 0 Å². The van der Waals surface area contributed by atoms with Gasteiger partial charge in [0.05, 0.1) is 12.9 Å². The molecule has 0 heterocycles. The molecule has 0 aromatic heterocycles. The van der Waals surface area contributed by atoms with Crippen molar-refractivity contribution in [2.45, 2.75) is 57.8 Å². The Kier molecular flexibility index (Phi) is 6.78. The van der Waals surface area contributed by atoms with E-state index in [1.54, 1.807) is 6.08 Å². The number of ether oxygens (including phenoxy) is 1. The van der Waals surface area contributed by atoms with Gasteiger partial charge in [-0.05, 0) is 61.6 Å². The minimum absolute atomic E-state index is 0.437. The van der Waals surface area contributed by atoms with Gasteiger partial charge in [-0.2, -0.15) is 0 Å². The van der Waals surface area contributed by atoms with Crippen molar-refractivity contribution >= 4 is 0 Å². The lowest BCUT2D eigenvalue weighted by Gasteiger charge is -2.26. The van der Waals surface area contributed by atoms with Gasteiger partial charge in [-0.15, -0.1) is 0 Å². The van der Waals surface area contributed by atoms with E-state index in [1.165, 1.54) is 18.4 Å². The first-order valence-corrected chi connectivity index (χ1v) is 8.33. The molecular weight excluding hydrogens is 263 g/mol. The molecule has 1 aromatic rings. The molecular formula is C19H27FO. The van der Waals surface area contributed by atoms with E-state index in [1.807, 2.05) is 0 Å². The van der Waals surface area contributed by atoms with Crippen LogP contribution in [0, 0.1) is 5.92 Å². The van der Waals surface area contributed by atoms with Crippen LogP contribution in [-0.4, -0.2) is 6.61 Å². The van der Waals surface area contributed by atoms with Crippen molar-refractivity contribution < 1.29 is 9.13 Å². The topological polar surface area (TPSA) is 9.23 Å². The fourth-order valence-corrected chi connectivity index (χ4v) is 3.13. The lowest BCUT2D eigenvalue weighted by Crippen LogP contribution is -2.11. The van der Waals surface area contributed by atoms with Crippen molar-refractivity contribution in [2.75, 3.05) is 6.61 Å². The molecule has 0 atom stereocenters. The number of halogens is 1. The van der Waals surface area contributed by atoms with E-state index in [9.17, 15) is 4.39 Å². The molecule has 0 unspecified atom stereocenters. The molecule has 0 amide bonds. The van der Waals surface area contributed by atoms with E-state index in [0.717, 1.165) is 44.5 Å². The Morgan fingerprint density at radius 3 is 2.43 bits per heavy atom. The molecule has 1 fully saturated rings. The van der Waals surface area contributed by atoms with E-state index in [-0.39, 0.29) is 0 Å². The highest BCUT2D eigenvalue weighted by molar-refractivity contribution is 5.29. The van der Waals surface area contributed by atoms with Gasteiger partial charge < -0.3 is 4.74 Å². The summed E-state index contributed by atoms with van der Waals surface area (Å²) in [5.41, 5.74) is 1.40. The quantitative estimate of drug-likeness (QED) is 0.558. The van der Waals surface area contributed by atoms with Crippen molar-refractivity contribution in [3.05, 3.63) is 42.2 Å². The minimum atomic E-state index is 0.437. The third-order valence-corrected chi connectivity index (χ3v) is 4.48. The van der Waals surface area contributed by atoms with E-state index in [0.29, 0.717) is 18.2 Å². The third kappa shape index (κ3) is 5.18. The Hall–Kier alpha value is -1.31. The molecule has 2 rings (SSSR count). The van der Waals surface area contributed by atoms with Crippen molar-refractivity contribution in [3.63, 3.8) is 0 Å². The Balaban J connectivity index is 1.79. The zero-order valence-electron chi connectivity index (χ0n) is 13.1. The van der Waals surface area contributed by atoms with Crippen molar-refractivity contribution in [1.82, 2.24) is 0 Å². The van der Waals surface area contributed by atoms with E-state index < -0.39 is 0 Å². The summed E-state index contributed by atoms with van der Waals surface area (Å²) in [6.45, 7) is 3.01. The highest BCUT2D eigenvalue weighted by atomic mass is 19.1. The first kappa shape index (κ1) is 16.1. The lowest BCUT2D eigenvalue weighted by atomic mass is 9.79. The van der Waals surface area contributed by atoms with Crippen LogP contribution in [0.2, 0.25) is 0 Å². The van der Waals surface area contributed by atoms with E-state index >= 15 is 0 Å². The molecule has 1 nitrogen and oxygen atoms in total. The van der Waals surface area contributed by atoms with Gasteiger partial charge in [-0.25, -0.2) is 4.39 Å². The van der Waals surface area contributed by atoms with Crippen LogP contribution in [0.3, 0.4) is 0 Å². The average molecular weight is 290 g/mol. The summed E-state index contributed by atoms with van der Waals surface area (Å²) in [6, 6.07) is 8.58. The summed E-state index contributed by atoms with van der Waals surface area (Å²) < 4.78 is 17.9. The molecule has 2 heteroatoms. The second-order valence-electron chi connectivity index (χ2n) is 6.05. The summed E-state index contributed by atoms with van der Waals surface area (Å²) in [4.78, 5) is 0. The Labute approximate surface area is 128 Å². The van der Waals surface area contributed by atoms with Crippen LogP contribution in [0.25, 0.3) is 0 Å². The lowest BCUT2D eigenvalue weighted by molar-refractivity contribution is 0.306. The van der Waals surface area contributed by atoms with Gasteiger partial charge in [0.2, 0.25) is 0 Å². The zero-order valence-corrected chi connectivity index (χ0v) is 13.1. The SMILES string of the molecule is CCCCCOc1ccc(C2CCC(/C=C/F)CC2)cc1. The molecule has 0 spiro atoms. The monoisotopic (exact) mass is 290 g/mol. The third-order valence-electron chi connectivity index (χ3n) is 4.48. The van der Waals surface area contributed by atoms with Crippen LogP contribution < -0.4 is 4.74 Å². The van der Waals surface area contributed by atoms with Gasteiger partial charge in [0.1, 0.15) is 5.75 Å². The maximum absolute atomic E-state index is 12.2. The second-order valence-corrected chi connectivity index (χ2v) is 6.05. The van der Waals surface area contributed by atoms with Gasteiger partial charge >= 0.3 is 0 Å². The maximum atomic E-state index is 12.2. The molecule has 1 aromatic carbocycles. The van der Waals surface area contributed by atoms with Crippen molar-refractivity contribution in [3.8, 4) is 5.75 Å². The standard InChI is InChI=1S/C19H27FO/c1-2-3-4-15-21-19-11-9-18(10-12-19)17-7-5-16(6-8-17)13-14-20/h9-14,16-17H,2-8,15H2,1H3/b14-13+. The van der Waals surface area contributed by atoms with E-state index in [4.69, 9.17) is 4.74 Å².